The number of carbonyl (C=O) groups is 1. The van der Waals surface area contributed by atoms with E-state index >= 15 is 0 Å². The van der Waals surface area contributed by atoms with Crippen molar-refractivity contribution < 1.29 is 17.6 Å². The molecule has 2 saturated heterocycles. The fraction of sp³-hybridized carbons (Fsp3) is 0.696. The number of hydrogen-bond donors (Lipinski definition) is 0. The van der Waals surface area contributed by atoms with E-state index in [-0.39, 0.29) is 23.9 Å². The van der Waals surface area contributed by atoms with Crippen molar-refractivity contribution in [1.82, 2.24) is 19.0 Å². The first kappa shape index (κ1) is 23.6. The molecule has 0 N–H and O–H groups in total. The van der Waals surface area contributed by atoms with Crippen LogP contribution < -0.4 is 0 Å². The molecule has 178 valence electrons. The lowest BCUT2D eigenvalue weighted by atomic mass is 9.89. The molecule has 0 spiro atoms. The monoisotopic (exact) mass is 466 g/mol. The van der Waals surface area contributed by atoms with Gasteiger partial charge in [-0.15, -0.1) is 0 Å². The zero-order valence-electron chi connectivity index (χ0n) is 18.8. The minimum atomic E-state index is -3.74. The van der Waals surface area contributed by atoms with Crippen LogP contribution in [0.4, 0.5) is 4.39 Å². The molecule has 0 bridgehead atoms. The molecule has 7 nitrogen and oxygen atoms in total. The maximum Gasteiger partial charge on any atom is 0.243 e. The number of benzene rings is 1. The standard InChI is InChI=1S/C23H35FN4O3S/c24-21-7-4-8-22(17-21)32(30,31)28-15-13-27(14-16-28)23(29)19-26-11-9-25(10-12-26)18-20-5-2-1-3-6-20/h4,7-8,17,20H,1-3,5-6,9-16,18-19H2. The predicted octanol–water partition coefficient (Wildman–Crippen LogP) is 1.86. The van der Waals surface area contributed by atoms with Crippen molar-refractivity contribution in [2.75, 3.05) is 65.4 Å². The van der Waals surface area contributed by atoms with Crippen molar-refractivity contribution in [3.8, 4) is 0 Å². The first-order chi connectivity index (χ1) is 15.4. The summed E-state index contributed by atoms with van der Waals surface area (Å²) in [4.78, 5) is 19.3. The van der Waals surface area contributed by atoms with Crippen molar-refractivity contribution in [3.63, 3.8) is 0 Å². The van der Waals surface area contributed by atoms with Gasteiger partial charge in [0.15, 0.2) is 0 Å². The minimum absolute atomic E-state index is 0.0385. The van der Waals surface area contributed by atoms with Gasteiger partial charge in [0.05, 0.1) is 11.4 Å². The summed E-state index contributed by atoms with van der Waals surface area (Å²) in [5.41, 5.74) is 0. The summed E-state index contributed by atoms with van der Waals surface area (Å²) in [5.74, 6) is 0.337. The fourth-order valence-corrected chi connectivity index (χ4v) is 6.56. The Morgan fingerprint density at radius 3 is 2.22 bits per heavy atom. The predicted molar refractivity (Wildman–Crippen MR) is 121 cm³/mol. The van der Waals surface area contributed by atoms with Gasteiger partial charge in [0.2, 0.25) is 15.9 Å². The molecule has 1 saturated carbocycles. The van der Waals surface area contributed by atoms with Crippen LogP contribution in [-0.2, 0) is 14.8 Å². The van der Waals surface area contributed by atoms with E-state index in [9.17, 15) is 17.6 Å². The highest BCUT2D eigenvalue weighted by Gasteiger charge is 2.31. The van der Waals surface area contributed by atoms with Gasteiger partial charge in [-0.1, -0.05) is 25.3 Å². The molecular formula is C23H35FN4O3S. The Kier molecular flexibility index (Phi) is 7.81. The van der Waals surface area contributed by atoms with Crippen LogP contribution in [0.2, 0.25) is 0 Å². The van der Waals surface area contributed by atoms with Crippen molar-refractivity contribution in [3.05, 3.63) is 30.1 Å². The molecule has 32 heavy (non-hydrogen) atoms. The largest absolute Gasteiger partial charge is 0.339 e. The van der Waals surface area contributed by atoms with E-state index in [1.165, 1.54) is 61.2 Å². The molecule has 0 atom stereocenters. The molecule has 1 amide bonds. The Balaban J connectivity index is 1.20. The van der Waals surface area contributed by atoms with E-state index in [4.69, 9.17) is 0 Å². The first-order valence-corrected chi connectivity index (χ1v) is 13.3. The molecular weight excluding hydrogens is 431 g/mol. The summed E-state index contributed by atoms with van der Waals surface area (Å²) in [7, 11) is -3.74. The molecule has 0 radical (unpaired) electrons. The number of nitrogens with zero attached hydrogens (tertiary/aromatic N) is 4. The molecule has 4 rings (SSSR count). The number of rotatable bonds is 6. The number of amides is 1. The minimum Gasteiger partial charge on any atom is -0.339 e. The Bertz CT molecular complexity index is 875. The van der Waals surface area contributed by atoms with E-state index in [0.717, 1.165) is 38.2 Å². The number of carbonyl (C=O) groups excluding carboxylic acids is 1. The second-order valence-electron chi connectivity index (χ2n) is 9.32. The first-order valence-electron chi connectivity index (χ1n) is 11.9. The Hall–Kier alpha value is -1.55. The molecule has 3 fully saturated rings. The quantitative estimate of drug-likeness (QED) is 0.640. The third-order valence-electron chi connectivity index (χ3n) is 7.09. The zero-order valence-corrected chi connectivity index (χ0v) is 19.6. The van der Waals surface area contributed by atoms with E-state index in [1.54, 1.807) is 4.90 Å². The summed E-state index contributed by atoms with van der Waals surface area (Å²) in [5, 5.41) is 0. The second-order valence-corrected chi connectivity index (χ2v) is 11.3. The van der Waals surface area contributed by atoms with Gasteiger partial charge in [0, 0.05) is 58.9 Å². The normalized spacial score (nSPS) is 22.8. The molecule has 9 heteroatoms. The van der Waals surface area contributed by atoms with Crippen molar-refractivity contribution in [2.24, 2.45) is 5.92 Å². The van der Waals surface area contributed by atoms with Crippen molar-refractivity contribution in [1.29, 1.82) is 0 Å². The highest BCUT2D eigenvalue weighted by Crippen LogP contribution is 2.25. The van der Waals surface area contributed by atoms with Crippen molar-refractivity contribution in [2.45, 2.75) is 37.0 Å². The van der Waals surface area contributed by atoms with Gasteiger partial charge in [-0.05, 0) is 37.0 Å². The summed E-state index contributed by atoms with van der Waals surface area (Å²) >= 11 is 0. The second kappa shape index (κ2) is 10.6. The Labute approximate surface area is 191 Å². The summed E-state index contributed by atoms with van der Waals surface area (Å²) in [6.45, 7) is 6.66. The fourth-order valence-electron chi connectivity index (χ4n) is 5.11. The molecule has 2 heterocycles. The van der Waals surface area contributed by atoms with Gasteiger partial charge >= 0.3 is 0 Å². The SMILES string of the molecule is O=C(CN1CCN(CC2CCCCC2)CC1)N1CCN(S(=O)(=O)c2cccc(F)c2)CC1. The maximum absolute atomic E-state index is 13.5. The topological polar surface area (TPSA) is 64.2 Å². The van der Waals surface area contributed by atoms with Gasteiger partial charge in [-0.2, -0.15) is 4.31 Å². The van der Waals surface area contributed by atoms with Crippen LogP contribution in [0.5, 0.6) is 0 Å². The van der Waals surface area contributed by atoms with Crippen LogP contribution in [0, 0.1) is 11.7 Å². The highest BCUT2D eigenvalue weighted by molar-refractivity contribution is 7.89. The van der Waals surface area contributed by atoms with E-state index in [0.29, 0.717) is 19.6 Å². The van der Waals surface area contributed by atoms with Crippen LogP contribution in [0.25, 0.3) is 0 Å². The van der Waals surface area contributed by atoms with E-state index in [1.807, 2.05) is 0 Å². The van der Waals surface area contributed by atoms with E-state index < -0.39 is 15.8 Å². The van der Waals surface area contributed by atoms with Crippen LogP contribution in [0.15, 0.2) is 29.2 Å². The lowest BCUT2D eigenvalue weighted by molar-refractivity contribution is -0.134. The van der Waals surface area contributed by atoms with Crippen molar-refractivity contribution >= 4 is 15.9 Å². The van der Waals surface area contributed by atoms with Gasteiger partial charge in [-0.25, -0.2) is 12.8 Å². The number of halogens is 1. The third-order valence-corrected chi connectivity index (χ3v) is 8.98. The summed E-state index contributed by atoms with van der Waals surface area (Å²) in [6, 6.07) is 5.08. The number of sulfonamides is 1. The van der Waals surface area contributed by atoms with Crippen LogP contribution in [-0.4, -0.2) is 98.8 Å². The summed E-state index contributed by atoms with van der Waals surface area (Å²) < 4.78 is 40.3. The van der Waals surface area contributed by atoms with Crippen LogP contribution in [0.3, 0.4) is 0 Å². The van der Waals surface area contributed by atoms with E-state index in [2.05, 4.69) is 9.80 Å². The van der Waals surface area contributed by atoms with Crippen LogP contribution >= 0.6 is 0 Å². The lowest BCUT2D eigenvalue weighted by Gasteiger charge is -2.38. The number of piperazine rings is 2. The highest BCUT2D eigenvalue weighted by atomic mass is 32.2. The average molecular weight is 467 g/mol. The average Bonchev–Trinajstić information content (AvgIpc) is 2.81. The molecule has 0 unspecified atom stereocenters. The lowest BCUT2D eigenvalue weighted by Crippen LogP contribution is -2.54. The smallest absolute Gasteiger partial charge is 0.243 e. The Morgan fingerprint density at radius 2 is 1.56 bits per heavy atom. The molecule has 1 aromatic rings. The van der Waals surface area contributed by atoms with Crippen LogP contribution in [0.1, 0.15) is 32.1 Å². The maximum atomic E-state index is 13.5. The van der Waals surface area contributed by atoms with Gasteiger partial charge in [-0.3, -0.25) is 9.69 Å². The summed E-state index contributed by atoms with van der Waals surface area (Å²) in [6.07, 6.45) is 6.85. The zero-order chi connectivity index (χ0) is 22.6. The van der Waals surface area contributed by atoms with Gasteiger partial charge in [0.25, 0.3) is 0 Å². The number of hydrogen-bond acceptors (Lipinski definition) is 5. The molecule has 1 aromatic carbocycles. The molecule has 3 aliphatic rings. The molecule has 2 aliphatic heterocycles. The molecule has 0 aromatic heterocycles. The van der Waals surface area contributed by atoms with Gasteiger partial charge < -0.3 is 9.80 Å². The molecule has 1 aliphatic carbocycles. The Morgan fingerprint density at radius 1 is 0.906 bits per heavy atom. The van der Waals surface area contributed by atoms with Gasteiger partial charge in [0.1, 0.15) is 5.82 Å². The third kappa shape index (κ3) is 5.87.